The van der Waals surface area contributed by atoms with Gasteiger partial charge in [0.1, 0.15) is 5.69 Å². The van der Waals surface area contributed by atoms with E-state index >= 15 is 0 Å². The van der Waals surface area contributed by atoms with Gasteiger partial charge in [0.25, 0.3) is 0 Å². The quantitative estimate of drug-likeness (QED) is 0.628. The summed E-state index contributed by atoms with van der Waals surface area (Å²) in [5.74, 6) is 0.811. The number of halogens is 1. The molecule has 3 rings (SSSR count). The van der Waals surface area contributed by atoms with E-state index in [4.69, 9.17) is 11.6 Å². The molecular weight excluding hydrogens is 264 g/mol. The van der Waals surface area contributed by atoms with Crippen molar-refractivity contribution >= 4 is 29.4 Å². The molecule has 1 aliphatic heterocycles. The van der Waals surface area contributed by atoms with E-state index in [1.54, 1.807) is 6.20 Å². The van der Waals surface area contributed by atoms with E-state index in [2.05, 4.69) is 14.9 Å². The van der Waals surface area contributed by atoms with Crippen molar-refractivity contribution in [3.63, 3.8) is 0 Å². The molecule has 5 nitrogen and oxygen atoms in total. The Morgan fingerprint density at radius 2 is 2.21 bits per heavy atom. The molecule has 0 saturated heterocycles. The van der Waals surface area contributed by atoms with Gasteiger partial charge in [-0.25, -0.2) is 4.98 Å². The van der Waals surface area contributed by atoms with Crippen molar-refractivity contribution in [1.29, 1.82) is 0 Å². The predicted octanol–water partition coefficient (Wildman–Crippen LogP) is 2.24. The molecule has 6 heteroatoms. The zero-order valence-corrected chi connectivity index (χ0v) is 11.7. The summed E-state index contributed by atoms with van der Waals surface area (Å²) in [7, 11) is 0. The Hall–Kier alpha value is -1.36. The third-order valence-corrected chi connectivity index (χ3v) is 4.24. The molecule has 1 aromatic heterocycles. The molecule has 0 spiro atoms. The van der Waals surface area contributed by atoms with Gasteiger partial charge in [0.05, 0.1) is 6.20 Å². The van der Waals surface area contributed by atoms with Crippen LogP contribution in [0.4, 0.5) is 11.5 Å². The lowest BCUT2D eigenvalue weighted by Crippen LogP contribution is -2.48. The first-order chi connectivity index (χ1) is 9.26. The van der Waals surface area contributed by atoms with E-state index < -0.39 is 0 Å². The van der Waals surface area contributed by atoms with Gasteiger partial charge >= 0.3 is 0 Å². The summed E-state index contributed by atoms with van der Waals surface area (Å²) in [5.41, 5.74) is 0.913. The zero-order valence-electron chi connectivity index (χ0n) is 10.9. The molecule has 1 aliphatic carbocycles. The summed E-state index contributed by atoms with van der Waals surface area (Å²) in [4.78, 5) is 24.1. The molecule has 1 atom stereocenters. The Bertz CT molecular complexity index is 490. The van der Waals surface area contributed by atoms with Crippen LogP contribution in [0, 0.1) is 0 Å². The summed E-state index contributed by atoms with van der Waals surface area (Å²) in [6, 6.07) is 0.386. The number of anilines is 2. The number of likely N-dealkylation sites (N-methyl/N-ethyl adjacent to an activating group) is 1. The minimum absolute atomic E-state index is 0.240. The maximum atomic E-state index is 11.5. The first kappa shape index (κ1) is 12.7. The molecule has 0 bridgehead atoms. The molecule has 1 fully saturated rings. The standard InChI is InChI=1S/C13H17ClN4O/c1-2-17-10-7-15-13(14)16-12(10)18(11(17)8-19)9-5-3-4-6-9/h7-9,11H,2-6H2,1H3. The van der Waals surface area contributed by atoms with Crippen molar-refractivity contribution in [2.45, 2.75) is 44.8 Å². The number of hydrogen-bond acceptors (Lipinski definition) is 5. The highest BCUT2D eigenvalue weighted by Gasteiger charge is 2.41. The molecule has 0 N–H and O–H groups in total. The van der Waals surface area contributed by atoms with Crippen LogP contribution in [0.3, 0.4) is 0 Å². The van der Waals surface area contributed by atoms with Crippen molar-refractivity contribution < 1.29 is 4.79 Å². The van der Waals surface area contributed by atoms with Crippen LogP contribution in [0.15, 0.2) is 6.20 Å². The summed E-state index contributed by atoms with van der Waals surface area (Å²) in [6.07, 6.45) is 7.11. The third kappa shape index (κ3) is 1.96. The van der Waals surface area contributed by atoms with Gasteiger partial charge in [0, 0.05) is 12.6 Å². The summed E-state index contributed by atoms with van der Waals surface area (Å²) >= 11 is 5.92. The molecule has 102 valence electrons. The molecule has 2 aliphatic rings. The fraction of sp³-hybridized carbons (Fsp3) is 0.615. The fourth-order valence-corrected chi connectivity index (χ4v) is 3.35. The molecule has 0 radical (unpaired) electrons. The highest BCUT2D eigenvalue weighted by atomic mass is 35.5. The average molecular weight is 281 g/mol. The third-order valence-electron chi connectivity index (χ3n) is 4.06. The number of nitrogens with zero attached hydrogens (tertiary/aromatic N) is 4. The largest absolute Gasteiger partial charge is 0.341 e. The second kappa shape index (κ2) is 4.96. The normalized spacial score (nSPS) is 22.9. The molecule has 1 saturated carbocycles. The van der Waals surface area contributed by atoms with Crippen LogP contribution in [-0.2, 0) is 4.79 Å². The van der Waals surface area contributed by atoms with Crippen LogP contribution in [0.2, 0.25) is 5.28 Å². The smallest absolute Gasteiger partial charge is 0.224 e. The maximum absolute atomic E-state index is 11.5. The lowest BCUT2D eigenvalue weighted by atomic mass is 10.2. The second-order valence-corrected chi connectivity index (χ2v) is 5.37. The number of rotatable bonds is 3. The molecular formula is C13H17ClN4O. The van der Waals surface area contributed by atoms with E-state index in [-0.39, 0.29) is 11.4 Å². The lowest BCUT2D eigenvalue weighted by Gasteiger charge is -2.32. The van der Waals surface area contributed by atoms with Crippen LogP contribution in [0.25, 0.3) is 0 Å². The van der Waals surface area contributed by atoms with Crippen LogP contribution < -0.4 is 9.80 Å². The van der Waals surface area contributed by atoms with E-state index in [9.17, 15) is 4.79 Å². The van der Waals surface area contributed by atoms with Crippen molar-refractivity contribution in [1.82, 2.24) is 9.97 Å². The first-order valence-electron chi connectivity index (χ1n) is 6.79. The number of fused-ring (bicyclic) bond motifs is 1. The molecule has 1 aromatic rings. The average Bonchev–Trinajstić information content (AvgIpc) is 3.02. The van der Waals surface area contributed by atoms with Crippen molar-refractivity contribution in [2.75, 3.05) is 16.3 Å². The molecule has 2 heterocycles. The summed E-state index contributed by atoms with van der Waals surface area (Å²) in [6.45, 7) is 2.79. The highest BCUT2D eigenvalue weighted by molar-refractivity contribution is 6.28. The Morgan fingerprint density at radius 3 is 2.84 bits per heavy atom. The second-order valence-electron chi connectivity index (χ2n) is 5.03. The van der Waals surface area contributed by atoms with Gasteiger partial charge in [-0.1, -0.05) is 12.8 Å². The van der Waals surface area contributed by atoms with E-state index in [1.807, 2.05) is 11.8 Å². The number of aldehydes is 1. The Balaban J connectivity index is 2.06. The summed E-state index contributed by atoms with van der Waals surface area (Å²) < 4.78 is 0. The van der Waals surface area contributed by atoms with Crippen LogP contribution in [0.1, 0.15) is 32.6 Å². The van der Waals surface area contributed by atoms with Crippen LogP contribution in [-0.4, -0.2) is 35.0 Å². The molecule has 1 unspecified atom stereocenters. The zero-order chi connectivity index (χ0) is 13.4. The maximum Gasteiger partial charge on any atom is 0.224 e. The highest BCUT2D eigenvalue weighted by Crippen LogP contribution is 2.41. The van der Waals surface area contributed by atoms with Gasteiger partial charge in [-0.2, -0.15) is 4.98 Å². The number of hydrogen-bond donors (Lipinski definition) is 0. The minimum atomic E-state index is -0.268. The Kier molecular flexibility index (Phi) is 3.31. The Labute approximate surface area is 117 Å². The monoisotopic (exact) mass is 280 g/mol. The van der Waals surface area contributed by atoms with Crippen LogP contribution >= 0.6 is 11.6 Å². The number of carbonyl (C=O) groups is 1. The predicted molar refractivity (Wildman–Crippen MR) is 74.6 cm³/mol. The first-order valence-corrected chi connectivity index (χ1v) is 7.17. The van der Waals surface area contributed by atoms with Gasteiger partial charge < -0.3 is 9.80 Å². The van der Waals surface area contributed by atoms with E-state index in [1.165, 1.54) is 12.8 Å². The van der Waals surface area contributed by atoms with Crippen molar-refractivity contribution in [3.8, 4) is 0 Å². The topological polar surface area (TPSA) is 49.3 Å². The summed E-state index contributed by atoms with van der Waals surface area (Å²) in [5, 5.41) is 0.240. The number of carbonyl (C=O) groups excluding carboxylic acids is 1. The Morgan fingerprint density at radius 1 is 1.47 bits per heavy atom. The minimum Gasteiger partial charge on any atom is -0.341 e. The van der Waals surface area contributed by atoms with Crippen molar-refractivity contribution in [3.05, 3.63) is 11.5 Å². The fourth-order valence-electron chi connectivity index (χ4n) is 3.22. The molecule has 0 amide bonds. The SMILES string of the molecule is CCN1c2cnc(Cl)nc2N(C2CCCC2)C1C=O. The van der Waals surface area contributed by atoms with Crippen LogP contribution in [0.5, 0.6) is 0 Å². The van der Waals surface area contributed by atoms with E-state index in [0.29, 0.717) is 6.04 Å². The molecule has 19 heavy (non-hydrogen) atoms. The van der Waals surface area contributed by atoms with Crippen molar-refractivity contribution in [2.24, 2.45) is 0 Å². The van der Waals surface area contributed by atoms with Gasteiger partial charge in [0.15, 0.2) is 18.3 Å². The van der Waals surface area contributed by atoms with Gasteiger partial charge in [-0.15, -0.1) is 0 Å². The number of aromatic nitrogens is 2. The van der Waals surface area contributed by atoms with Gasteiger partial charge in [0.2, 0.25) is 5.28 Å². The van der Waals surface area contributed by atoms with Gasteiger partial charge in [-0.3, -0.25) is 4.79 Å². The molecule has 0 aromatic carbocycles. The van der Waals surface area contributed by atoms with Gasteiger partial charge in [-0.05, 0) is 31.4 Å². The lowest BCUT2D eigenvalue weighted by molar-refractivity contribution is -0.109. The van der Waals surface area contributed by atoms with E-state index in [0.717, 1.165) is 37.2 Å².